The Morgan fingerprint density at radius 3 is 2.52 bits per heavy atom. The van der Waals surface area contributed by atoms with Crippen LogP contribution in [-0.2, 0) is 10.0 Å². The van der Waals surface area contributed by atoms with Gasteiger partial charge in [-0.15, -0.1) is 0 Å². The van der Waals surface area contributed by atoms with Gasteiger partial charge in [-0.2, -0.15) is 0 Å². The van der Waals surface area contributed by atoms with Crippen molar-refractivity contribution in [3.63, 3.8) is 0 Å². The molecule has 8 heteroatoms. The van der Waals surface area contributed by atoms with Gasteiger partial charge in [0.2, 0.25) is 0 Å². The van der Waals surface area contributed by atoms with Crippen LogP contribution >= 0.6 is 0 Å². The Hall–Kier alpha value is -2.45. The first-order valence-corrected chi connectivity index (χ1v) is 10.2. The van der Waals surface area contributed by atoms with Crippen LogP contribution in [0, 0.1) is 12.7 Å². The Morgan fingerprint density at radius 2 is 1.85 bits per heavy atom. The molecule has 1 aliphatic rings. The molecule has 3 N–H and O–H groups in total. The summed E-state index contributed by atoms with van der Waals surface area (Å²) in [7, 11) is -3.96. The van der Waals surface area contributed by atoms with Crippen molar-refractivity contribution >= 4 is 21.6 Å². The average molecular weight is 391 g/mol. The van der Waals surface area contributed by atoms with Crippen molar-refractivity contribution in [1.29, 1.82) is 0 Å². The predicted molar refractivity (Wildman–Crippen MR) is 102 cm³/mol. The lowest BCUT2D eigenvalue weighted by Crippen LogP contribution is -2.43. The Labute approximate surface area is 158 Å². The highest BCUT2D eigenvalue weighted by molar-refractivity contribution is 7.92. The van der Waals surface area contributed by atoms with E-state index in [0.717, 1.165) is 6.07 Å². The number of rotatable bonds is 4. The zero-order valence-corrected chi connectivity index (χ0v) is 15.8. The van der Waals surface area contributed by atoms with Gasteiger partial charge in [0.15, 0.2) is 0 Å². The molecule has 1 aliphatic heterocycles. The van der Waals surface area contributed by atoms with Crippen LogP contribution < -0.4 is 10.5 Å². The lowest BCUT2D eigenvalue weighted by Gasteiger charge is -2.30. The normalized spacial score (nSPS) is 15.6. The second-order valence-corrected chi connectivity index (χ2v) is 8.37. The van der Waals surface area contributed by atoms with Gasteiger partial charge in [-0.3, -0.25) is 9.52 Å². The Bertz CT molecular complexity index is 954. The van der Waals surface area contributed by atoms with E-state index in [0.29, 0.717) is 25.9 Å². The van der Waals surface area contributed by atoms with E-state index in [1.165, 1.54) is 25.1 Å². The molecule has 1 heterocycles. The number of piperidine rings is 1. The number of halogens is 1. The molecule has 0 atom stereocenters. The van der Waals surface area contributed by atoms with Gasteiger partial charge in [-0.1, -0.05) is 12.1 Å². The maximum Gasteiger partial charge on any atom is 0.261 e. The van der Waals surface area contributed by atoms with E-state index in [9.17, 15) is 17.6 Å². The fraction of sp³-hybridized carbons (Fsp3) is 0.316. The summed E-state index contributed by atoms with van der Waals surface area (Å²) >= 11 is 0. The van der Waals surface area contributed by atoms with E-state index in [4.69, 9.17) is 5.73 Å². The van der Waals surface area contributed by atoms with Crippen LogP contribution in [-0.4, -0.2) is 38.4 Å². The Morgan fingerprint density at radius 1 is 1.19 bits per heavy atom. The lowest BCUT2D eigenvalue weighted by atomic mass is 10.0. The molecule has 2 aromatic rings. The Balaban J connectivity index is 1.87. The first kappa shape index (κ1) is 19.3. The number of amides is 1. The van der Waals surface area contributed by atoms with Crippen LogP contribution in [0.1, 0.15) is 28.8 Å². The number of nitrogens with two attached hydrogens (primary N) is 1. The fourth-order valence-corrected chi connectivity index (χ4v) is 4.18. The van der Waals surface area contributed by atoms with Gasteiger partial charge in [0, 0.05) is 19.1 Å². The number of hydrogen-bond acceptors (Lipinski definition) is 4. The van der Waals surface area contributed by atoms with E-state index in [-0.39, 0.29) is 33.7 Å². The second kappa shape index (κ2) is 7.66. The fourth-order valence-electron chi connectivity index (χ4n) is 3.02. The van der Waals surface area contributed by atoms with E-state index in [1.54, 1.807) is 23.1 Å². The molecular formula is C19H22FN3O3S. The lowest BCUT2D eigenvalue weighted by molar-refractivity contribution is 0.0716. The highest BCUT2D eigenvalue weighted by atomic mass is 32.2. The summed E-state index contributed by atoms with van der Waals surface area (Å²) in [5, 5.41) is 0. The van der Waals surface area contributed by atoms with Gasteiger partial charge >= 0.3 is 0 Å². The largest absolute Gasteiger partial charge is 0.338 e. The van der Waals surface area contributed by atoms with E-state index >= 15 is 0 Å². The standard InChI is InChI=1S/C19H22FN3O3S/c1-13-12-15(6-7-17(13)20)27(25,26)22-18-5-3-2-4-16(18)19(24)23-10-8-14(21)9-11-23/h2-7,12,14,22H,8-11,21H2,1H3. The molecule has 0 aliphatic carbocycles. The minimum Gasteiger partial charge on any atom is -0.338 e. The molecule has 0 spiro atoms. The van der Waals surface area contributed by atoms with Crippen molar-refractivity contribution in [3.8, 4) is 0 Å². The van der Waals surface area contributed by atoms with Crippen LogP contribution in [0.2, 0.25) is 0 Å². The van der Waals surface area contributed by atoms with Crippen LogP contribution in [0.15, 0.2) is 47.4 Å². The summed E-state index contributed by atoms with van der Waals surface area (Å²) in [5.41, 5.74) is 6.58. The maximum atomic E-state index is 13.4. The molecule has 1 saturated heterocycles. The molecule has 2 aromatic carbocycles. The zero-order valence-electron chi connectivity index (χ0n) is 15.0. The maximum absolute atomic E-state index is 13.4. The second-order valence-electron chi connectivity index (χ2n) is 6.69. The predicted octanol–water partition coefficient (Wildman–Crippen LogP) is 2.50. The number of para-hydroxylation sites is 1. The van der Waals surface area contributed by atoms with Crippen molar-refractivity contribution in [2.75, 3.05) is 17.8 Å². The minimum absolute atomic E-state index is 0.0624. The average Bonchev–Trinajstić information content (AvgIpc) is 2.64. The van der Waals surface area contributed by atoms with Gasteiger partial charge in [-0.25, -0.2) is 12.8 Å². The van der Waals surface area contributed by atoms with Gasteiger partial charge in [0.1, 0.15) is 5.82 Å². The number of aryl methyl sites for hydroxylation is 1. The van der Waals surface area contributed by atoms with Crippen LogP contribution in [0.4, 0.5) is 10.1 Å². The smallest absolute Gasteiger partial charge is 0.261 e. The summed E-state index contributed by atoms with van der Waals surface area (Å²) in [6.45, 7) is 2.57. The number of likely N-dealkylation sites (tertiary alicyclic amines) is 1. The minimum atomic E-state index is -3.96. The summed E-state index contributed by atoms with van der Waals surface area (Å²) in [6.07, 6.45) is 1.43. The Kier molecular flexibility index (Phi) is 5.48. The number of benzene rings is 2. The number of nitrogens with one attached hydrogen (secondary N) is 1. The quantitative estimate of drug-likeness (QED) is 0.838. The number of carbonyl (C=O) groups is 1. The van der Waals surface area contributed by atoms with Gasteiger partial charge in [-0.05, 0) is 55.7 Å². The highest BCUT2D eigenvalue weighted by Crippen LogP contribution is 2.24. The van der Waals surface area contributed by atoms with Crippen molar-refractivity contribution in [1.82, 2.24) is 4.90 Å². The number of sulfonamides is 1. The molecule has 6 nitrogen and oxygen atoms in total. The molecular weight excluding hydrogens is 369 g/mol. The van der Waals surface area contributed by atoms with Crippen molar-refractivity contribution in [2.45, 2.75) is 30.7 Å². The van der Waals surface area contributed by atoms with E-state index in [1.807, 2.05) is 0 Å². The summed E-state index contributed by atoms with van der Waals surface area (Å²) in [6, 6.07) is 10.1. The third kappa shape index (κ3) is 4.28. The molecule has 0 radical (unpaired) electrons. The molecule has 0 saturated carbocycles. The summed E-state index contributed by atoms with van der Waals surface area (Å²) < 4.78 is 41.3. The summed E-state index contributed by atoms with van der Waals surface area (Å²) in [5.74, 6) is -0.719. The molecule has 1 amide bonds. The number of anilines is 1. The first-order chi connectivity index (χ1) is 12.8. The SMILES string of the molecule is Cc1cc(S(=O)(=O)Nc2ccccc2C(=O)N2CCC(N)CC2)ccc1F. The monoisotopic (exact) mass is 391 g/mol. The molecule has 27 heavy (non-hydrogen) atoms. The molecule has 144 valence electrons. The molecule has 3 rings (SSSR count). The van der Waals surface area contributed by atoms with E-state index in [2.05, 4.69) is 4.72 Å². The number of carbonyl (C=O) groups excluding carboxylic acids is 1. The third-order valence-corrected chi connectivity index (χ3v) is 6.03. The highest BCUT2D eigenvalue weighted by Gasteiger charge is 2.25. The molecule has 0 bridgehead atoms. The topological polar surface area (TPSA) is 92.5 Å². The number of nitrogens with zero attached hydrogens (tertiary/aromatic N) is 1. The van der Waals surface area contributed by atoms with Crippen LogP contribution in [0.25, 0.3) is 0 Å². The molecule has 0 aromatic heterocycles. The van der Waals surface area contributed by atoms with Crippen molar-refractivity contribution in [3.05, 3.63) is 59.4 Å². The summed E-state index contributed by atoms with van der Waals surface area (Å²) in [4.78, 5) is 14.5. The van der Waals surface area contributed by atoms with Crippen molar-refractivity contribution < 1.29 is 17.6 Å². The zero-order chi connectivity index (χ0) is 19.6. The van der Waals surface area contributed by atoms with Gasteiger partial charge < -0.3 is 10.6 Å². The van der Waals surface area contributed by atoms with Gasteiger partial charge in [0.05, 0.1) is 16.1 Å². The first-order valence-electron chi connectivity index (χ1n) is 8.71. The number of hydrogen-bond donors (Lipinski definition) is 2. The van der Waals surface area contributed by atoms with Crippen molar-refractivity contribution in [2.24, 2.45) is 5.73 Å². The molecule has 0 unspecified atom stereocenters. The van der Waals surface area contributed by atoms with Crippen LogP contribution in [0.5, 0.6) is 0 Å². The third-order valence-electron chi connectivity index (χ3n) is 4.67. The van der Waals surface area contributed by atoms with Crippen LogP contribution in [0.3, 0.4) is 0 Å². The van der Waals surface area contributed by atoms with E-state index < -0.39 is 15.8 Å². The van der Waals surface area contributed by atoms with Gasteiger partial charge in [0.25, 0.3) is 15.9 Å². The molecule has 1 fully saturated rings.